The molecule has 0 unspecified atom stereocenters. The highest BCUT2D eigenvalue weighted by Gasteiger charge is 2.28. The molecule has 4 nitrogen and oxygen atoms in total. The Morgan fingerprint density at radius 2 is 1.43 bits per heavy atom. The van der Waals surface area contributed by atoms with Crippen LogP contribution in [0.5, 0.6) is 0 Å². The normalized spacial score (nSPS) is 12.8. The van der Waals surface area contributed by atoms with Crippen LogP contribution < -0.4 is 0 Å². The number of rotatable bonds is 4. The smallest absolute Gasteiger partial charge is 0.0527 e. The molecule has 2 aromatic heterocycles. The molecule has 30 heavy (non-hydrogen) atoms. The molecule has 3 rings (SSSR count). The maximum Gasteiger partial charge on any atom is 0.0527 e. The largest absolute Gasteiger partial charge is 0.273 e. The van der Waals surface area contributed by atoms with Gasteiger partial charge in [-0.1, -0.05) is 61.8 Å². The van der Waals surface area contributed by atoms with Crippen LogP contribution in [0.25, 0.3) is 0 Å². The fourth-order valence-corrected chi connectivity index (χ4v) is 3.03. The van der Waals surface area contributed by atoms with Gasteiger partial charge in [0.2, 0.25) is 0 Å². The summed E-state index contributed by atoms with van der Waals surface area (Å²) in [5.74, 6) is 2.26. The van der Waals surface area contributed by atoms with Crippen LogP contribution >= 0.6 is 0 Å². The summed E-state index contributed by atoms with van der Waals surface area (Å²) in [5.41, 5.74) is 5.59. The van der Waals surface area contributed by atoms with Gasteiger partial charge >= 0.3 is 0 Å². The van der Waals surface area contributed by atoms with E-state index < -0.39 is 0 Å². The Labute approximate surface area is 187 Å². The minimum absolute atomic E-state index is 0.502. The molecule has 1 aliphatic carbocycles. The first-order chi connectivity index (χ1) is 14.0. The van der Waals surface area contributed by atoms with Gasteiger partial charge < -0.3 is 0 Å². The molecule has 2 heterocycles. The Kier molecular flexibility index (Phi) is 13.7. The summed E-state index contributed by atoms with van der Waals surface area (Å²) in [6, 6.07) is 0.502. The maximum absolute atomic E-state index is 4.46. The molecule has 174 valence electrons. The van der Waals surface area contributed by atoms with E-state index >= 15 is 0 Å². The molecule has 1 saturated carbocycles. The SMILES string of the molecule is CC(C)C.CCC.CCc1c(C2CC2)cnn1C(C)C.Cc1c(C(C)C)cnn1C. The molecule has 0 aromatic carbocycles. The standard InChI is InChI=1S/C11H18N2.C8H14N2.C4H10.C3H8/c1-4-11-10(9-5-6-9)7-12-13(11)8(2)3;1-6(2)8-5-9-10(4)7(8)3;1-4(2)3;1-3-2/h7-9H,4-6H2,1-3H3;5-6H,1-4H3;4H,1-3H3;3H2,1-2H3. The van der Waals surface area contributed by atoms with Gasteiger partial charge in [-0.25, -0.2) is 0 Å². The van der Waals surface area contributed by atoms with Crippen LogP contribution in [0.1, 0.15) is 129 Å². The highest BCUT2D eigenvalue weighted by Crippen LogP contribution is 2.42. The van der Waals surface area contributed by atoms with Crippen molar-refractivity contribution >= 4 is 0 Å². The minimum atomic E-state index is 0.502. The highest BCUT2D eigenvalue weighted by atomic mass is 15.3. The van der Waals surface area contributed by atoms with Crippen molar-refractivity contribution < 1.29 is 0 Å². The Bertz CT molecular complexity index is 666. The van der Waals surface area contributed by atoms with Gasteiger partial charge in [0.1, 0.15) is 0 Å². The zero-order valence-electron chi connectivity index (χ0n) is 22.1. The molecule has 0 saturated heterocycles. The van der Waals surface area contributed by atoms with Crippen molar-refractivity contribution in [1.82, 2.24) is 19.6 Å². The van der Waals surface area contributed by atoms with E-state index in [2.05, 4.69) is 97.2 Å². The molecule has 4 heteroatoms. The zero-order valence-corrected chi connectivity index (χ0v) is 22.1. The Morgan fingerprint density at radius 3 is 1.70 bits per heavy atom. The molecule has 0 bridgehead atoms. The van der Waals surface area contributed by atoms with Crippen LogP contribution in [-0.2, 0) is 13.5 Å². The number of nitrogens with zero attached hydrogens (tertiary/aromatic N) is 4. The van der Waals surface area contributed by atoms with Crippen LogP contribution in [-0.4, -0.2) is 19.6 Å². The van der Waals surface area contributed by atoms with Crippen LogP contribution in [0.15, 0.2) is 12.4 Å². The summed E-state index contributed by atoms with van der Waals surface area (Å²) in [7, 11) is 1.97. The van der Waals surface area contributed by atoms with E-state index in [-0.39, 0.29) is 0 Å². The van der Waals surface area contributed by atoms with Crippen LogP contribution in [0, 0.1) is 12.8 Å². The van der Waals surface area contributed by atoms with Crippen molar-refractivity contribution in [2.75, 3.05) is 0 Å². The van der Waals surface area contributed by atoms with Crippen molar-refractivity contribution in [2.24, 2.45) is 13.0 Å². The van der Waals surface area contributed by atoms with Crippen LogP contribution in [0.3, 0.4) is 0 Å². The quantitative estimate of drug-likeness (QED) is 0.507. The lowest BCUT2D eigenvalue weighted by molar-refractivity contribution is 0.510. The van der Waals surface area contributed by atoms with Gasteiger partial charge in [0.25, 0.3) is 0 Å². The van der Waals surface area contributed by atoms with E-state index in [4.69, 9.17) is 0 Å². The summed E-state index contributed by atoms with van der Waals surface area (Å²) < 4.78 is 4.09. The average Bonchev–Trinajstić information content (AvgIpc) is 3.30. The molecule has 1 fully saturated rings. The summed E-state index contributed by atoms with van der Waals surface area (Å²) in [4.78, 5) is 0. The molecule has 0 atom stereocenters. The Morgan fingerprint density at radius 1 is 0.933 bits per heavy atom. The molecule has 0 spiro atoms. The molecule has 0 radical (unpaired) electrons. The first kappa shape index (κ1) is 28.4. The van der Waals surface area contributed by atoms with Gasteiger partial charge in [-0.2, -0.15) is 10.2 Å². The third kappa shape index (κ3) is 9.95. The number of aromatic nitrogens is 4. The highest BCUT2D eigenvalue weighted by molar-refractivity contribution is 5.26. The number of hydrogen-bond donors (Lipinski definition) is 0. The molecule has 2 aromatic rings. The van der Waals surface area contributed by atoms with Gasteiger partial charge in [-0.3, -0.25) is 9.36 Å². The minimum Gasteiger partial charge on any atom is -0.273 e. The summed E-state index contributed by atoms with van der Waals surface area (Å²) in [5, 5.41) is 8.62. The fourth-order valence-electron chi connectivity index (χ4n) is 3.03. The second-order valence-corrected chi connectivity index (χ2v) is 9.62. The van der Waals surface area contributed by atoms with Gasteiger partial charge in [0.15, 0.2) is 0 Å². The number of aryl methyl sites for hydroxylation is 1. The lowest BCUT2D eigenvalue weighted by Crippen LogP contribution is -2.07. The summed E-state index contributed by atoms with van der Waals surface area (Å²) >= 11 is 0. The molecule has 0 aliphatic heterocycles. The lowest BCUT2D eigenvalue weighted by Gasteiger charge is -2.10. The molecular weight excluding hydrogens is 368 g/mol. The molecule has 0 amide bonds. The molecule has 0 N–H and O–H groups in total. The first-order valence-electron chi connectivity index (χ1n) is 12.1. The van der Waals surface area contributed by atoms with Crippen molar-refractivity contribution in [2.45, 2.75) is 120 Å². The van der Waals surface area contributed by atoms with Gasteiger partial charge in [0, 0.05) is 24.5 Å². The second kappa shape index (κ2) is 14.4. The van der Waals surface area contributed by atoms with Crippen molar-refractivity contribution in [1.29, 1.82) is 0 Å². The second-order valence-electron chi connectivity index (χ2n) is 9.62. The van der Waals surface area contributed by atoms with Gasteiger partial charge in [-0.15, -0.1) is 0 Å². The van der Waals surface area contributed by atoms with Crippen molar-refractivity contribution in [3.05, 3.63) is 34.9 Å². The van der Waals surface area contributed by atoms with E-state index in [0.717, 1.165) is 18.3 Å². The summed E-state index contributed by atoms with van der Waals surface area (Å²) in [6.45, 7) is 23.8. The van der Waals surface area contributed by atoms with E-state index in [9.17, 15) is 0 Å². The van der Waals surface area contributed by atoms with E-state index in [1.165, 1.54) is 41.8 Å². The van der Waals surface area contributed by atoms with Crippen molar-refractivity contribution in [3.63, 3.8) is 0 Å². The maximum atomic E-state index is 4.46. The number of hydrogen-bond acceptors (Lipinski definition) is 2. The third-order valence-corrected chi connectivity index (χ3v) is 4.67. The van der Waals surface area contributed by atoms with Gasteiger partial charge in [-0.05, 0) is 68.9 Å². The fraction of sp³-hybridized carbons (Fsp3) is 0.769. The topological polar surface area (TPSA) is 35.6 Å². The first-order valence-corrected chi connectivity index (χ1v) is 12.1. The Balaban J connectivity index is 0.000000439. The predicted octanol–water partition coefficient (Wildman–Crippen LogP) is 7.83. The summed E-state index contributed by atoms with van der Waals surface area (Å²) in [6.07, 6.45) is 9.13. The Hall–Kier alpha value is -1.58. The molecule has 1 aliphatic rings. The monoisotopic (exact) mass is 418 g/mol. The lowest BCUT2D eigenvalue weighted by atomic mass is 10.1. The molecular formula is C26H50N4. The third-order valence-electron chi connectivity index (χ3n) is 4.67. The van der Waals surface area contributed by atoms with E-state index in [0.29, 0.717) is 12.0 Å². The van der Waals surface area contributed by atoms with Crippen LogP contribution in [0.4, 0.5) is 0 Å². The van der Waals surface area contributed by atoms with E-state index in [1.54, 1.807) is 0 Å². The van der Waals surface area contributed by atoms with Gasteiger partial charge in [0.05, 0.1) is 12.4 Å². The predicted molar refractivity (Wildman–Crippen MR) is 132 cm³/mol. The van der Waals surface area contributed by atoms with E-state index in [1.807, 2.05) is 17.9 Å². The zero-order chi connectivity index (χ0) is 23.4. The van der Waals surface area contributed by atoms with Crippen LogP contribution in [0.2, 0.25) is 0 Å². The average molecular weight is 419 g/mol. The van der Waals surface area contributed by atoms with Crippen molar-refractivity contribution in [3.8, 4) is 0 Å².